The monoisotopic (exact) mass is 234 g/mol. The Morgan fingerprint density at radius 3 is 2.65 bits per heavy atom. The molecule has 0 spiro atoms. The maximum absolute atomic E-state index is 4.53. The molecule has 0 radical (unpaired) electrons. The Bertz CT molecular complexity index is 358. The second-order valence-corrected chi connectivity index (χ2v) is 5.11. The number of aromatic nitrogens is 2. The predicted molar refractivity (Wildman–Crippen MR) is 71.3 cm³/mol. The number of anilines is 2. The quantitative estimate of drug-likeness (QED) is 0.822. The van der Waals surface area contributed by atoms with Gasteiger partial charge in [0.1, 0.15) is 11.6 Å². The molecule has 1 aliphatic carbocycles. The Morgan fingerprint density at radius 2 is 1.94 bits per heavy atom. The summed E-state index contributed by atoms with van der Waals surface area (Å²) in [5.74, 6) is 1.74. The topological polar surface area (TPSA) is 49.8 Å². The third-order valence-corrected chi connectivity index (χ3v) is 3.33. The first-order valence-corrected chi connectivity index (χ1v) is 6.56. The van der Waals surface area contributed by atoms with E-state index < -0.39 is 0 Å². The van der Waals surface area contributed by atoms with Gasteiger partial charge < -0.3 is 10.6 Å². The zero-order chi connectivity index (χ0) is 12.1. The van der Waals surface area contributed by atoms with Crippen molar-refractivity contribution in [2.24, 2.45) is 0 Å². The Kier molecular flexibility index (Phi) is 3.82. The third kappa shape index (κ3) is 3.32. The van der Waals surface area contributed by atoms with E-state index >= 15 is 0 Å². The van der Waals surface area contributed by atoms with E-state index in [-0.39, 0.29) is 5.54 Å². The number of nitrogens with zero attached hydrogens (tertiary/aromatic N) is 2. The number of nitrogens with one attached hydrogen (secondary N) is 2. The van der Waals surface area contributed by atoms with E-state index in [0.717, 1.165) is 24.6 Å². The predicted octanol–water partition coefficient (Wildman–Crippen LogP) is 3.04. The van der Waals surface area contributed by atoms with Crippen LogP contribution in [-0.2, 0) is 0 Å². The van der Waals surface area contributed by atoms with Gasteiger partial charge in [-0.1, -0.05) is 19.8 Å². The summed E-state index contributed by atoms with van der Waals surface area (Å²) in [5, 5.41) is 6.78. The molecule has 1 aromatic rings. The molecule has 2 N–H and O–H groups in total. The van der Waals surface area contributed by atoms with Crippen molar-refractivity contribution < 1.29 is 0 Å². The lowest BCUT2D eigenvalue weighted by Gasteiger charge is -2.25. The van der Waals surface area contributed by atoms with Crippen LogP contribution in [0.3, 0.4) is 0 Å². The third-order valence-electron chi connectivity index (χ3n) is 3.33. The van der Waals surface area contributed by atoms with Gasteiger partial charge in [0.2, 0.25) is 0 Å². The van der Waals surface area contributed by atoms with Gasteiger partial charge in [-0.15, -0.1) is 0 Å². The van der Waals surface area contributed by atoms with Gasteiger partial charge in [0.15, 0.2) is 0 Å². The van der Waals surface area contributed by atoms with Gasteiger partial charge in [0, 0.05) is 12.1 Å². The second-order valence-electron chi connectivity index (χ2n) is 5.11. The zero-order valence-corrected chi connectivity index (χ0v) is 10.8. The molecule has 1 heterocycles. The highest BCUT2D eigenvalue weighted by Gasteiger charge is 2.28. The lowest BCUT2D eigenvalue weighted by Crippen LogP contribution is -2.31. The Morgan fingerprint density at radius 1 is 1.24 bits per heavy atom. The number of rotatable bonds is 5. The van der Waals surface area contributed by atoms with Gasteiger partial charge in [-0.05, 0) is 26.2 Å². The minimum atomic E-state index is 0.206. The molecular formula is C13H22N4. The van der Waals surface area contributed by atoms with E-state index in [1.165, 1.54) is 25.7 Å². The normalized spacial score (nSPS) is 18.0. The van der Waals surface area contributed by atoms with Crippen LogP contribution in [0.15, 0.2) is 12.4 Å². The first-order chi connectivity index (χ1) is 8.22. The van der Waals surface area contributed by atoms with Crippen molar-refractivity contribution in [1.82, 2.24) is 9.97 Å². The summed E-state index contributed by atoms with van der Waals surface area (Å²) in [5.41, 5.74) is 0.206. The number of hydrogen-bond donors (Lipinski definition) is 2. The van der Waals surface area contributed by atoms with Gasteiger partial charge in [0.05, 0.1) is 12.4 Å². The molecule has 0 unspecified atom stereocenters. The van der Waals surface area contributed by atoms with Crippen LogP contribution in [0.2, 0.25) is 0 Å². The number of hydrogen-bond acceptors (Lipinski definition) is 4. The molecule has 1 aromatic heterocycles. The van der Waals surface area contributed by atoms with Gasteiger partial charge in [-0.25, -0.2) is 4.98 Å². The van der Waals surface area contributed by atoms with Gasteiger partial charge in [0.25, 0.3) is 0 Å². The van der Waals surface area contributed by atoms with Crippen LogP contribution < -0.4 is 10.6 Å². The summed E-state index contributed by atoms with van der Waals surface area (Å²) in [6.07, 6.45) is 9.74. The van der Waals surface area contributed by atoms with Crippen LogP contribution in [0, 0.1) is 0 Å². The summed E-state index contributed by atoms with van der Waals surface area (Å²) in [4.78, 5) is 8.76. The van der Waals surface area contributed by atoms with Crippen molar-refractivity contribution in [3.63, 3.8) is 0 Å². The zero-order valence-electron chi connectivity index (χ0n) is 10.8. The fraction of sp³-hybridized carbons (Fsp3) is 0.692. The van der Waals surface area contributed by atoms with E-state index in [1.807, 2.05) is 0 Å². The van der Waals surface area contributed by atoms with Crippen LogP contribution in [0.4, 0.5) is 11.6 Å². The van der Waals surface area contributed by atoms with Gasteiger partial charge >= 0.3 is 0 Å². The van der Waals surface area contributed by atoms with Crippen molar-refractivity contribution in [3.05, 3.63) is 12.4 Å². The standard InChI is InChI=1S/C13H22N4/c1-3-8-15-11-9-14-10-12(16-11)17-13(2)6-4-5-7-13/h9-10H,3-8H2,1-2H3,(H2,15,16,17). The van der Waals surface area contributed by atoms with E-state index in [4.69, 9.17) is 0 Å². The molecule has 1 saturated carbocycles. The molecule has 0 amide bonds. The maximum Gasteiger partial charge on any atom is 0.147 e. The maximum atomic E-state index is 4.53. The summed E-state index contributed by atoms with van der Waals surface area (Å²) in [7, 11) is 0. The van der Waals surface area contributed by atoms with Crippen LogP contribution in [0.1, 0.15) is 46.0 Å². The molecule has 4 heteroatoms. The lowest BCUT2D eigenvalue weighted by atomic mass is 10.0. The van der Waals surface area contributed by atoms with Crippen molar-refractivity contribution in [2.75, 3.05) is 17.2 Å². The summed E-state index contributed by atoms with van der Waals surface area (Å²) >= 11 is 0. The molecule has 94 valence electrons. The van der Waals surface area contributed by atoms with E-state index in [9.17, 15) is 0 Å². The Balaban J connectivity index is 2.00. The molecule has 17 heavy (non-hydrogen) atoms. The highest BCUT2D eigenvalue weighted by atomic mass is 15.1. The molecule has 4 nitrogen and oxygen atoms in total. The fourth-order valence-corrected chi connectivity index (χ4v) is 2.35. The molecule has 1 aliphatic rings. The van der Waals surface area contributed by atoms with Crippen molar-refractivity contribution >= 4 is 11.6 Å². The lowest BCUT2D eigenvalue weighted by molar-refractivity contribution is 0.531. The summed E-state index contributed by atoms with van der Waals surface area (Å²) < 4.78 is 0. The highest BCUT2D eigenvalue weighted by molar-refractivity contribution is 5.43. The summed E-state index contributed by atoms with van der Waals surface area (Å²) in [6, 6.07) is 0. The molecule has 1 fully saturated rings. The summed E-state index contributed by atoms with van der Waals surface area (Å²) in [6.45, 7) is 5.35. The van der Waals surface area contributed by atoms with Crippen LogP contribution >= 0.6 is 0 Å². The van der Waals surface area contributed by atoms with Crippen LogP contribution in [-0.4, -0.2) is 22.1 Å². The minimum Gasteiger partial charge on any atom is -0.369 e. The first kappa shape index (κ1) is 12.1. The highest BCUT2D eigenvalue weighted by Crippen LogP contribution is 2.31. The Hall–Kier alpha value is -1.32. The first-order valence-electron chi connectivity index (χ1n) is 6.56. The molecular weight excluding hydrogens is 212 g/mol. The molecule has 0 bridgehead atoms. The molecule has 2 rings (SSSR count). The molecule has 0 saturated heterocycles. The van der Waals surface area contributed by atoms with E-state index in [1.54, 1.807) is 12.4 Å². The van der Waals surface area contributed by atoms with Crippen molar-refractivity contribution in [1.29, 1.82) is 0 Å². The second kappa shape index (κ2) is 5.34. The largest absolute Gasteiger partial charge is 0.369 e. The van der Waals surface area contributed by atoms with Crippen LogP contribution in [0.25, 0.3) is 0 Å². The average Bonchev–Trinajstić information content (AvgIpc) is 2.73. The molecule has 0 aromatic carbocycles. The van der Waals surface area contributed by atoms with Gasteiger partial charge in [-0.2, -0.15) is 0 Å². The fourth-order valence-electron chi connectivity index (χ4n) is 2.35. The minimum absolute atomic E-state index is 0.206. The smallest absolute Gasteiger partial charge is 0.147 e. The van der Waals surface area contributed by atoms with Crippen molar-refractivity contribution in [2.45, 2.75) is 51.5 Å². The SMILES string of the molecule is CCCNc1cncc(NC2(C)CCCC2)n1. The average molecular weight is 234 g/mol. The van der Waals surface area contributed by atoms with Gasteiger partial charge in [-0.3, -0.25) is 4.98 Å². The van der Waals surface area contributed by atoms with E-state index in [2.05, 4.69) is 34.4 Å². The molecule has 0 atom stereocenters. The Labute approximate surface area is 103 Å². The van der Waals surface area contributed by atoms with Crippen LogP contribution in [0.5, 0.6) is 0 Å². The van der Waals surface area contributed by atoms with Crippen molar-refractivity contribution in [3.8, 4) is 0 Å². The van der Waals surface area contributed by atoms with E-state index in [0.29, 0.717) is 0 Å². The molecule has 0 aliphatic heterocycles.